The molecular formula is C17H33NOS. The fraction of sp³-hybridized carbons (Fsp3) is 0.824. The van der Waals surface area contributed by atoms with Crippen LogP contribution in [0.2, 0.25) is 0 Å². The van der Waals surface area contributed by atoms with E-state index in [0.717, 1.165) is 18.2 Å². The Kier molecular flexibility index (Phi) is 14.6. The normalized spacial score (nSPS) is 12.1. The third kappa shape index (κ3) is 12.6. The second kappa shape index (κ2) is 15.0. The van der Waals surface area contributed by atoms with Crippen LogP contribution in [0.25, 0.3) is 0 Å². The molecular weight excluding hydrogens is 266 g/mol. The van der Waals surface area contributed by atoms with Gasteiger partial charge in [0.25, 0.3) is 0 Å². The van der Waals surface area contributed by atoms with Gasteiger partial charge in [0.15, 0.2) is 0 Å². The Morgan fingerprint density at radius 3 is 2.50 bits per heavy atom. The molecule has 0 heterocycles. The number of carbonyl (C=O) groups excluding carboxylic acids is 1. The predicted octanol–water partition coefficient (Wildman–Crippen LogP) is 4.80. The number of thioether (sulfide) groups is 1. The van der Waals surface area contributed by atoms with Crippen molar-refractivity contribution in [1.29, 1.82) is 0 Å². The minimum absolute atomic E-state index is 0.0623. The minimum atomic E-state index is -0.0623. The van der Waals surface area contributed by atoms with E-state index in [2.05, 4.69) is 25.7 Å². The van der Waals surface area contributed by atoms with Gasteiger partial charge >= 0.3 is 0 Å². The fourth-order valence-electron chi connectivity index (χ4n) is 2.23. The quantitative estimate of drug-likeness (QED) is 0.369. The monoisotopic (exact) mass is 299 g/mol. The lowest BCUT2D eigenvalue weighted by molar-refractivity contribution is -0.116. The van der Waals surface area contributed by atoms with Crippen LogP contribution in [0, 0.1) is 5.92 Å². The molecule has 0 radical (unpaired) electrons. The molecule has 0 aromatic rings. The van der Waals surface area contributed by atoms with Crippen molar-refractivity contribution in [1.82, 2.24) is 5.32 Å². The Morgan fingerprint density at radius 1 is 1.15 bits per heavy atom. The molecule has 0 bridgehead atoms. The fourth-order valence-corrected chi connectivity index (χ4v) is 3.31. The Labute approximate surface area is 130 Å². The molecule has 0 saturated heterocycles. The predicted molar refractivity (Wildman–Crippen MR) is 92.3 cm³/mol. The maximum Gasteiger partial charge on any atom is 0.243 e. The van der Waals surface area contributed by atoms with Crippen LogP contribution in [-0.4, -0.2) is 24.0 Å². The summed E-state index contributed by atoms with van der Waals surface area (Å²) in [5, 5.41) is 2.83. The van der Waals surface area contributed by atoms with Crippen molar-refractivity contribution in [3.8, 4) is 0 Å². The average molecular weight is 300 g/mol. The summed E-state index contributed by atoms with van der Waals surface area (Å²) < 4.78 is 0. The molecule has 0 aromatic carbocycles. The standard InChI is InChI=1S/C17H33NOS/c1-4-7-9-10-12-16(11-8-5-2)15-20-14-13-18-17(19)6-3/h6,16H,3-5,7-15H2,1-2H3,(H,18,19). The van der Waals surface area contributed by atoms with Crippen LogP contribution >= 0.6 is 11.8 Å². The first-order valence-electron chi connectivity index (χ1n) is 8.22. The van der Waals surface area contributed by atoms with Crippen LogP contribution in [0.3, 0.4) is 0 Å². The molecule has 0 aliphatic rings. The molecule has 20 heavy (non-hydrogen) atoms. The van der Waals surface area contributed by atoms with Crippen molar-refractivity contribution in [2.75, 3.05) is 18.1 Å². The second-order valence-corrected chi connectivity index (χ2v) is 6.58. The summed E-state index contributed by atoms with van der Waals surface area (Å²) in [6.45, 7) is 8.74. The molecule has 118 valence electrons. The number of unbranched alkanes of at least 4 members (excludes halogenated alkanes) is 4. The molecule has 0 aliphatic heterocycles. The maximum atomic E-state index is 11.0. The van der Waals surface area contributed by atoms with Gasteiger partial charge in [0.05, 0.1) is 0 Å². The summed E-state index contributed by atoms with van der Waals surface area (Å²) in [5.41, 5.74) is 0. The lowest BCUT2D eigenvalue weighted by Crippen LogP contribution is -2.23. The van der Waals surface area contributed by atoms with Crippen molar-refractivity contribution in [2.45, 2.75) is 65.2 Å². The summed E-state index contributed by atoms with van der Waals surface area (Å²) in [4.78, 5) is 11.0. The molecule has 1 atom stereocenters. The third-order valence-electron chi connectivity index (χ3n) is 3.52. The van der Waals surface area contributed by atoms with E-state index in [1.807, 2.05) is 11.8 Å². The van der Waals surface area contributed by atoms with Crippen molar-refractivity contribution >= 4 is 17.7 Å². The first-order valence-corrected chi connectivity index (χ1v) is 9.38. The number of hydrogen-bond acceptors (Lipinski definition) is 2. The molecule has 0 aromatic heterocycles. The molecule has 2 nitrogen and oxygen atoms in total. The van der Waals surface area contributed by atoms with Crippen molar-refractivity contribution in [3.05, 3.63) is 12.7 Å². The van der Waals surface area contributed by atoms with Crippen LogP contribution in [0.4, 0.5) is 0 Å². The summed E-state index contributed by atoms with van der Waals surface area (Å²) in [5.74, 6) is 3.06. The minimum Gasteiger partial charge on any atom is -0.352 e. The number of carbonyl (C=O) groups is 1. The van der Waals surface area contributed by atoms with Crippen molar-refractivity contribution in [2.24, 2.45) is 5.92 Å². The van der Waals surface area contributed by atoms with Gasteiger partial charge in [-0.25, -0.2) is 0 Å². The zero-order chi connectivity index (χ0) is 15.1. The van der Waals surface area contributed by atoms with E-state index in [-0.39, 0.29) is 5.91 Å². The molecule has 0 saturated carbocycles. The van der Waals surface area contributed by atoms with Gasteiger partial charge in [-0.2, -0.15) is 11.8 Å². The van der Waals surface area contributed by atoms with E-state index in [1.54, 1.807) is 0 Å². The van der Waals surface area contributed by atoms with Crippen LogP contribution in [-0.2, 0) is 4.79 Å². The SMILES string of the molecule is C=CC(=O)NCCSCC(CCCC)CCCCCC. The summed E-state index contributed by atoms with van der Waals surface area (Å²) >= 11 is 1.98. The molecule has 3 heteroatoms. The number of hydrogen-bond donors (Lipinski definition) is 1. The molecule has 0 aliphatic carbocycles. The van der Waals surface area contributed by atoms with Crippen LogP contribution < -0.4 is 5.32 Å². The Morgan fingerprint density at radius 2 is 1.85 bits per heavy atom. The highest BCUT2D eigenvalue weighted by Gasteiger charge is 2.08. The van der Waals surface area contributed by atoms with Gasteiger partial charge in [-0.15, -0.1) is 0 Å². The Balaban J connectivity index is 3.68. The van der Waals surface area contributed by atoms with E-state index in [4.69, 9.17) is 0 Å². The van der Waals surface area contributed by atoms with Gasteiger partial charge in [-0.3, -0.25) is 4.79 Å². The third-order valence-corrected chi connectivity index (χ3v) is 4.72. The van der Waals surface area contributed by atoms with E-state index >= 15 is 0 Å². The first-order chi connectivity index (χ1) is 9.74. The molecule has 0 rings (SSSR count). The van der Waals surface area contributed by atoms with E-state index < -0.39 is 0 Å². The van der Waals surface area contributed by atoms with Gasteiger partial charge in [-0.1, -0.05) is 59.0 Å². The van der Waals surface area contributed by atoms with Crippen LogP contribution in [0.1, 0.15) is 65.2 Å². The molecule has 1 N–H and O–H groups in total. The lowest BCUT2D eigenvalue weighted by Gasteiger charge is -2.16. The Hall–Kier alpha value is -0.440. The summed E-state index contributed by atoms with van der Waals surface area (Å²) in [7, 11) is 0. The second-order valence-electron chi connectivity index (χ2n) is 5.43. The zero-order valence-corrected chi connectivity index (χ0v) is 14.3. The van der Waals surface area contributed by atoms with E-state index in [0.29, 0.717) is 0 Å². The topological polar surface area (TPSA) is 29.1 Å². The highest BCUT2D eigenvalue weighted by Crippen LogP contribution is 2.21. The number of rotatable bonds is 14. The number of amides is 1. The van der Waals surface area contributed by atoms with Gasteiger partial charge in [0, 0.05) is 12.3 Å². The Bertz CT molecular complexity index is 243. The molecule has 0 fully saturated rings. The number of nitrogens with one attached hydrogen (secondary N) is 1. The van der Waals surface area contributed by atoms with Gasteiger partial charge in [-0.05, 0) is 30.6 Å². The van der Waals surface area contributed by atoms with E-state index in [9.17, 15) is 4.79 Å². The van der Waals surface area contributed by atoms with Crippen molar-refractivity contribution < 1.29 is 4.79 Å². The first kappa shape index (κ1) is 19.6. The van der Waals surface area contributed by atoms with Crippen LogP contribution in [0.5, 0.6) is 0 Å². The summed E-state index contributed by atoms with van der Waals surface area (Å²) in [6.07, 6.45) is 12.2. The maximum absolute atomic E-state index is 11.0. The van der Waals surface area contributed by atoms with E-state index in [1.165, 1.54) is 63.2 Å². The molecule has 0 spiro atoms. The average Bonchev–Trinajstić information content (AvgIpc) is 2.47. The molecule has 1 amide bonds. The largest absolute Gasteiger partial charge is 0.352 e. The zero-order valence-electron chi connectivity index (χ0n) is 13.5. The molecule has 1 unspecified atom stereocenters. The highest BCUT2D eigenvalue weighted by molar-refractivity contribution is 7.99. The van der Waals surface area contributed by atoms with Gasteiger partial charge in [0.1, 0.15) is 0 Å². The lowest BCUT2D eigenvalue weighted by atomic mass is 9.97. The summed E-state index contributed by atoms with van der Waals surface area (Å²) in [6, 6.07) is 0. The smallest absolute Gasteiger partial charge is 0.243 e. The van der Waals surface area contributed by atoms with Gasteiger partial charge in [0.2, 0.25) is 5.91 Å². The van der Waals surface area contributed by atoms with Crippen molar-refractivity contribution in [3.63, 3.8) is 0 Å². The highest BCUT2D eigenvalue weighted by atomic mass is 32.2. The van der Waals surface area contributed by atoms with Crippen LogP contribution in [0.15, 0.2) is 12.7 Å². The van der Waals surface area contributed by atoms with Gasteiger partial charge < -0.3 is 5.32 Å².